The lowest BCUT2D eigenvalue weighted by Gasteiger charge is -2.26. The van der Waals surface area contributed by atoms with Gasteiger partial charge in [-0.25, -0.2) is 8.42 Å². The van der Waals surface area contributed by atoms with E-state index in [0.29, 0.717) is 41.2 Å². The minimum Gasteiger partial charge on any atom is -0.486 e. The lowest BCUT2D eigenvalue weighted by Crippen LogP contribution is -2.41. The number of carbonyl (C=O) groups excluding carboxylic acids is 2. The number of para-hydroxylation sites is 2. The summed E-state index contributed by atoms with van der Waals surface area (Å²) >= 11 is 3.39. The van der Waals surface area contributed by atoms with Crippen molar-refractivity contribution in [3.8, 4) is 11.5 Å². The van der Waals surface area contributed by atoms with Crippen LogP contribution in [-0.2, 0) is 25.8 Å². The molecule has 2 aromatic carbocycles. The molecule has 10 heteroatoms. The number of fused-ring (bicyclic) bond motifs is 2. The van der Waals surface area contributed by atoms with E-state index in [1.807, 2.05) is 24.3 Å². The quantitative estimate of drug-likeness (QED) is 0.570. The summed E-state index contributed by atoms with van der Waals surface area (Å²) in [6, 6.07) is 10.7. The van der Waals surface area contributed by atoms with Crippen LogP contribution >= 0.6 is 15.9 Å². The van der Waals surface area contributed by atoms with E-state index in [-0.39, 0.29) is 47.5 Å². The lowest BCUT2D eigenvalue weighted by atomic mass is 10.2. The Morgan fingerprint density at radius 1 is 1.15 bits per heavy atom. The molecule has 2 heterocycles. The molecule has 2 aliphatic heterocycles. The third-order valence-electron chi connectivity index (χ3n) is 6.21. The predicted octanol–water partition coefficient (Wildman–Crippen LogP) is 2.87. The van der Waals surface area contributed by atoms with E-state index in [1.165, 1.54) is 6.07 Å². The number of carbonyl (C=O) groups is 2. The van der Waals surface area contributed by atoms with Gasteiger partial charge >= 0.3 is 0 Å². The number of rotatable bonds is 7. The molecule has 1 N–H and O–H groups in total. The zero-order valence-corrected chi connectivity index (χ0v) is 20.9. The van der Waals surface area contributed by atoms with Gasteiger partial charge in [-0.05, 0) is 49.1 Å². The number of hydrogen-bond donors (Lipinski definition) is 1. The van der Waals surface area contributed by atoms with Crippen molar-refractivity contribution >= 4 is 43.3 Å². The highest BCUT2D eigenvalue weighted by atomic mass is 79.9. The van der Waals surface area contributed by atoms with Crippen molar-refractivity contribution < 1.29 is 27.5 Å². The molecule has 8 nitrogen and oxygen atoms in total. The normalized spacial score (nSPS) is 19.0. The molecule has 3 aliphatic rings. The van der Waals surface area contributed by atoms with E-state index in [1.54, 1.807) is 11.0 Å². The Hall–Kier alpha value is -2.59. The van der Waals surface area contributed by atoms with Crippen molar-refractivity contribution in [1.29, 1.82) is 0 Å². The molecule has 0 aromatic heterocycles. The summed E-state index contributed by atoms with van der Waals surface area (Å²) in [6.45, 7) is 0.991. The van der Waals surface area contributed by atoms with Gasteiger partial charge in [-0.15, -0.1) is 0 Å². The average molecular weight is 549 g/mol. The second-order valence-electron chi connectivity index (χ2n) is 8.80. The topological polar surface area (TPSA) is 102 Å². The Kier molecular flexibility index (Phi) is 6.28. The molecule has 0 bridgehead atoms. The lowest BCUT2D eigenvalue weighted by molar-refractivity contribution is -0.121. The van der Waals surface area contributed by atoms with Crippen LogP contribution in [-0.4, -0.2) is 51.8 Å². The molecule has 0 saturated heterocycles. The largest absolute Gasteiger partial charge is 0.486 e. The van der Waals surface area contributed by atoms with Gasteiger partial charge in [0.1, 0.15) is 12.7 Å². The highest BCUT2D eigenvalue weighted by Crippen LogP contribution is 2.41. The van der Waals surface area contributed by atoms with Gasteiger partial charge in [0, 0.05) is 23.4 Å². The van der Waals surface area contributed by atoms with Gasteiger partial charge in [0.25, 0.3) is 0 Å². The van der Waals surface area contributed by atoms with Crippen molar-refractivity contribution in [2.75, 3.05) is 30.3 Å². The van der Waals surface area contributed by atoms with E-state index in [2.05, 4.69) is 21.2 Å². The molecule has 1 saturated carbocycles. The number of nitrogens with one attached hydrogen (secondary N) is 1. The highest BCUT2D eigenvalue weighted by Gasteiger charge is 2.39. The van der Waals surface area contributed by atoms with Gasteiger partial charge in [0.2, 0.25) is 11.8 Å². The van der Waals surface area contributed by atoms with Gasteiger partial charge in [-0.2, -0.15) is 0 Å². The molecule has 2 aromatic rings. The summed E-state index contributed by atoms with van der Waals surface area (Å²) in [4.78, 5) is 26.9. The Balaban J connectivity index is 1.22. The van der Waals surface area contributed by atoms with Crippen molar-refractivity contribution in [2.24, 2.45) is 5.92 Å². The molecular weight excluding hydrogens is 524 g/mol. The maximum atomic E-state index is 13.3. The molecule has 0 radical (unpaired) electrons. The summed E-state index contributed by atoms with van der Waals surface area (Å²) in [5.74, 6) is 0.526. The SMILES string of the molecule is O=C(CCS(=O)(=O)c1cc(Br)cc2c1N(C(=O)C1CC1)CC2)NC[C@H]1COc2ccccc2O1. The summed E-state index contributed by atoms with van der Waals surface area (Å²) < 4.78 is 38.6. The van der Waals surface area contributed by atoms with Crippen molar-refractivity contribution in [3.05, 3.63) is 46.4 Å². The Morgan fingerprint density at radius 2 is 1.91 bits per heavy atom. The fraction of sp³-hybridized carbons (Fsp3) is 0.417. The summed E-state index contributed by atoms with van der Waals surface area (Å²) in [5, 5.41) is 2.74. The van der Waals surface area contributed by atoms with E-state index < -0.39 is 9.84 Å². The number of sulfone groups is 1. The van der Waals surface area contributed by atoms with Crippen LogP contribution in [0, 0.1) is 5.92 Å². The first-order valence-electron chi connectivity index (χ1n) is 11.3. The molecule has 2 amide bonds. The van der Waals surface area contributed by atoms with Crippen LogP contribution in [0.25, 0.3) is 0 Å². The molecule has 1 atom stereocenters. The molecule has 180 valence electrons. The number of benzene rings is 2. The number of amides is 2. The smallest absolute Gasteiger partial charge is 0.230 e. The average Bonchev–Trinajstić information content (AvgIpc) is 3.60. The van der Waals surface area contributed by atoms with Crippen LogP contribution in [0.4, 0.5) is 5.69 Å². The number of halogens is 1. The molecule has 0 unspecified atom stereocenters. The van der Waals surface area contributed by atoms with Crippen LogP contribution in [0.5, 0.6) is 11.5 Å². The van der Waals surface area contributed by atoms with Gasteiger partial charge in [0.05, 0.1) is 22.9 Å². The zero-order valence-electron chi connectivity index (χ0n) is 18.5. The molecule has 34 heavy (non-hydrogen) atoms. The van der Waals surface area contributed by atoms with Crippen molar-refractivity contribution in [3.63, 3.8) is 0 Å². The van der Waals surface area contributed by atoms with E-state index in [0.717, 1.165) is 18.4 Å². The first-order chi connectivity index (χ1) is 16.3. The monoisotopic (exact) mass is 548 g/mol. The van der Waals surface area contributed by atoms with Crippen molar-refractivity contribution in [1.82, 2.24) is 5.32 Å². The molecule has 0 spiro atoms. The van der Waals surface area contributed by atoms with Gasteiger partial charge in [-0.1, -0.05) is 28.1 Å². The van der Waals surface area contributed by atoms with Gasteiger partial charge in [0.15, 0.2) is 21.3 Å². The molecule has 1 fully saturated rings. The van der Waals surface area contributed by atoms with E-state index in [4.69, 9.17) is 9.47 Å². The van der Waals surface area contributed by atoms with Crippen LogP contribution in [0.1, 0.15) is 24.8 Å². The van der Waals surface area contributed by atoms with Crippen molar-refractivity contribution in [2.45, 2.75) is 36.7 Å². The second kappa shape index (κ2) is 9.22. The highest BCUT2D eigenvalue weighted by molar-refractivity contribution is 9.10. The fourth-order valence-corrected chi connectivity index (χ4v) is 6.47. The standard InChI is InChI=1S/C24H25BrN2O6S/c25-17-11-16-7-9-27(24(29)15-5-6-15)23(16)21(12-17)34(30,31)10-8-22(28)26-13-18-14-32-19-3-1-2-4-20(19)33-18/h1-4,11-12,15,18H,5-10,13-14H2,(H,26,28)/t18-/m0/s1. The summed E-state index contributed by atoms with van der Waals surface area (Å²) in [7, 11) is -3.80. The first-order valence-corrected chi connectivity index (χ1v) is 13.8. The number of nitrogens with zero attached hydrogens (tertiary/aromatic N) is 1. The minimum atomic E-state index is -3.80. The van der Waals surface area contributed by atoms with Crippen LogP contribution in [0.3, 0.4) is 0 Å². The Morgan fingerprint density at radius 3 is 2.68 bits per heavy atom. The zero-order chi connectivity index (χ0) is 23.9. The van der Waals surface area contributed by atoms with Gasteiger partial charge < -0.3 is 19.7 Å². The number of hydrogen-bond acceptors (Lipinski definition) is 6. The van der Waals surface area contributed by atoms with Gasteiger partial charge in [-0.3, -0.25) is 9.59 Å². The van der Waals surface area contributed by atoms with E-state index in [9.17, 15) is 18.0 Å². The van der Waals surface area contributed by atoms with Crippen LogP contribution in [0.2, 0.25) is 0 Å². The third-order valence-corrected chi connectivity index (χ3v) is 8.39. The minimum absolute atomic E-state index is 0.00567. The number of anilines is 1. The van der Waals surface area contributed by atoms with Crippen LogP contribution in [0.15, 0.2) is 45.8 Å². The second-order valence-corrected chi connectivity index (χ2v) is 11.8. The first kappa shape index (κ1) is 23.2. The Labute approximate surface area is 206 Å². The molecular formula is C24H25BrN2O6S. The maximum Gasteiger partial charge on any atom is 0.230 e. The Bertz CT molecular complexity index is 1240. The molecule has 1 aliphatic carbocycles. The fourth-order valence-electron chi connectivity index (χ4n) is 4.29. The van der Waals surface area contributed by atoms with E-state index >= 15 is 0 Å². The van der Waals surface area contributed by atoms with Crippen LogP contribution < -0.4 is 19.7 Å². The summed E-state index contributed by atoms with van der Waals surface area (Å²) in [6.07, 6.45) is 1.77. The third kappa shape index (κ3) is 4.79. The predicted molar refractivity (Wildman–Crippen MR) is 129 cm³/mol. The number of ether oxygens (including phenoxy) is 2. The maximum absolute atomic E-state index is 13.3. The summed E-state index contributed by atoms with van der Waals surface area (Å²) in [5.41, 5.74) is 1.31. The molecule has 5 rings (SSSR count).